The Morgan fingerprint density at radius 1 is 1.15 bits per heavy atom. The summed E-state index contributed by atoms with van der Waals surface area (Å²) in [6, 6.07) is 10.7. The van der Waals surface area contributed by atoms with Crippen molar-refractivity contribution in [3.63, 3.8) is 0 Å². The van der Waals surface area contributed by atoms with Gasteiger partial charge >= 0.3 is 0 Å². The number of anilines is 2. The Balaban J connectivity index is 1.42. The lowest BCUT2D eigenvalue weighted by atomic mass is 10.0. The SMILES string of the molecule is COc1cccc(F)c1-c1nccc2c1CN(c1cc(C3CC3)cc(N3CC[C@H](N)C3)n1)C2=O. The predicted octanol–water partition coefficient (Wildman–Crippen LogP) is 3.87. The predicted molar refractivity (Wildman–Crippen MR) is 128 cm³/mol. The highest BCUT2D eigenvalue weighted by Gasteiger charge is 2.35. The molecule has 2 aromatic heterocycles. The van der Waals surface area contributed by atoms with Gasteiger partial charge in [0.2, 0.25) is 0 Å². The van der Waals surface area contributed by atoms with Crippen LogP contribution in [0.2, 0.25) is 0 Å². The van der Waals surface area contributed by atoms with E-state index in [2.05, 4.69) is 16.0 Å². The van der Waals surface area contributed by atoms with Gasteiger partial charge in [-0.25, -0.2) is 9.37 Å². The summed E-state index contributed by atoms with van der Waals surface area (Å²) < 4.78 is 20.3. The van der Waals surface area contributed by atoms with Gasteiger partial charge in [0.25, 0.3) is 5.91 Å². The molecule has 0 radical (unpaired) electrons. The molecule has 3 aliphatic rings. The number of benzene rings is 1. The van der Waals surface area contributed by atoms with Crippen LogP contribution in [0, 0.1) is 5.82 Å². The molecule has 2 N–H and O–H groups in total. The molecule has 1 atom stereocenters. The van der Waals surface area contributed by atoms with Gasteiger partial charge < -0.3 is 15.4 Å². The zero-order valence-corrected chi connectivity index (χ0v) is 19.0. The fourth-order valence-corrected chi connectivity index (χ4v) is 5.00. The average molecular weight is 460 g/mol. The van der Waals surface area contributed by atoms with Crippen LogP contribution in [0.1, 0.15) is 46.7 Å². The van der Waals surface area contributed by atoms with Crippen molar-refractivity contribution in [3.8, 4) is 17.0 Å². The van der Waals surface area contributed by atoms with Crippen LogP contribution in [0.4, 0.5) is 16.0 Å². The first-order chi connectivity index (χ1) is 16.5. The number of hydrogen-bond acceptors (Lipinski definition) is 6. The summed E-state index contributed by atoms with van der Waals surface area (Å²) in [6.45, 7) is 1.89. The number of carbonyl (C=O) groups excluding carboxylic acids is 1. The lowest BCUT2D eigenvalue weighted by Gasteiger charge is -2.22. The molecule has 4 heterocycles. The molecule has 0 unspecified atom stereocenters. The molecule has 1 saturated carbocycles. The summed E-state index contributed by atoms with van der Waals surface area (Å²) in [5.41, 5.74) is 9.23. The van der Waals surface area contributed by atoms with Crippen molar-refractivity contribution < 1.29 is 13.9 Å². The van der Waals surface area contributed by atoms with Gasteiger partial charge in [0.15, 0.2) is 0 Å². The molecule has 8 heteroatoms. The molecule has 7 nitrogen and oxygen atoms in total. The van der Waals surface area contributed by atoms with Gasteiger partial charge in [-0.15, -0.1) is 0 Å². The van der Waals surface area contributed by atoms with Gasteiger partial charge in [-0.3, -0.25) is 14.7 Å². The highest BCUT2D eigenvalue weighted by molar-refractivity contribution is 6.10. The molecule has 34 heavy (non-hydrogen) atoms. The fourth-order valence-electron chi connectivity index (χ4n) is 5.00. The number of halogens is 1. The van der Waals surface area contributed by atoms with Crippen molar-refractivity contribution in [2.45, 2.75) is 37.8 Å². The molecule has 1 saturated heterocycles. The van der Waals surface area contributed by atoms with Crippen LogP contribution in [0.5, 0.6) is 5.75 Å². The number of fused-ring (bicyclic) bond motifs is 1. The Morgan fingerprint density at radius 3 is 2.71 bits per heavy atom. The van der Waals surface area contributed by atoms with E-state index in [0.29, 0.717) is 34.3 Å². The minimum atomic E-state index is -0.437. The summed E-state index contributed by atoms with van der Waals surface area (Å²) in [4.78, 5) is 26.7. The van der Waals surface area contributed by atoms with Crippen molar-refractivity contribution >= 4 is 17.5 Å². The van der Waals surface area contributed by atoms with Gasteiger partial charge in [0.1, 0.15) is 23.2 Å². The van der Waals surface area contributed by atoms with Gasteiger partial charge in [-0.1, -0.05) is 6.07 Å². The van der Waals surface area contributed by atoms with E-state index in [1.54, 1.807) is 29.3 Å². The minimum Gasteiger partial charge on any atom is -0.496 e. The molecule has 1 aliphatic carbocycles. The van der Waals surface area contributed by atoms with E-state index in [9.17, 15) is 9.18 Å². The Hall–Kier alpha value is -3.52. The maximum atomic E-state index is 14.9. The van der Waals surface area contributed by atoms with Crippen LogP contribution >= 0.6 is 0 Å². The third kappa shape index (κ3) is 3.49. The molecule has 1 amide bonds. The Morgan fingerprint density at radius 2 is 1.97 bits per heavy atom. The number of aromatic nitrogens is 2. The molecule has 2 aliphatic heterocycles. The third-order valence-corrected chi connectivity index (χ3v) is 6.97. The van der Waals surface area contributed by atoms with E-state index >= 15 is 0 Å². The molecule has 174 valence electrons. The van der Waals surface area contributed by atoms with E-state index in [1.807, 2.05) is 6.07 Å². The number of methoxy groups -OCH3 is 1. The lowest BCUT2D eigenvalue weighted by Crippen LogP contribution is -2.28. The second-order valence-electron chi connectivity index (χ2n) is 9.28. The second kappa shape index (κ2) is 8.06. The molecule has 2 fully saturated rings. The number of rotatable bonds is 5. The Kier molecular flexibility index (Phi) is 4.99. The normalized spacial score (nSPS) is 19.6. The minimum absolute atomic E-state index is 0.136. The van der Waals surface area contributed by atoms with Crippen molar-refractivity contribution in [2.24, 2.45) is 5.73 Å². The van der Waals surface area contributed by atoms with Crippen LogP contribution in [0.15, 0.2) is 42.6 Å². The topological polar surface area (TPSA) is 84.6 Å². The third-order valence-electron chi connectivity index (χ3n) is 6.97. The number of pyridine rings is 2. The van der Waals surface area contributed by atoms with Crippen molar-refractivity contribution in [1.29, 1.82) is 0 Å². The molecule has 3 aromatic rings. The summed E-state index contributed by atoms with van der Waals surface area (Å²) >= 11 is 0. The fraction of sp³-hybridized carbons (Fsp3) is 0.346. The van der Waals surface area contributed by atoms with Crippen LogP contribution in [0.25, 0.3) is 11.3 Å². The van der Waals surface area contributed by atoms with Crippen molar-refractivity contribution in [1.82, 2.24) is 9.97 Å². The molecular weight excluding hydrogens is 433 g/mol. The quantitative estimate of drug-likeness (QED) is 0.624. The highest BCUT2D eigenvalue weighted by atomic mass is 19.1. The summed E-state index contributed by atoms with van der Waals surface area (Å²) in [6.07, 6.45) is 4.78. The highest BCUT2D eigenvalue weighted by Crippen LogP contribution is 2.44. The number of amides is 1. The molecule has 0 spiro atoms. The van der Waals surface area contributed by atoms with E-state index in [0.717, 1.165) is 38.2 Å². The van der Waals surface area contributed by atoms with E-state index in [4.69, 9.17) is 15.5 Å². The van der Waals surface area contributed by atoms with Gasteiger partial charge in [0.05, 0.1) is 24.9 Å². The van der Waals surface area contributed by atoms with E-state index in [1.165, 1.54) is 18.7 Å². The van der Waals surface area contributed by atoms with Crippen molar-refractivity contribution in [3.05, 3.63) is 65.1 Å². The van der Waals surface area contributed by atoms with E-state index in [-0.39, 0.29) is 24.1 Å². The summed E-state index contributed by atoms with van der Waals surface area (Å²) in [5, 5.41) is 0. The van der Waals surface area contributed by atoms with Crippen LogP contribution in [-0.4, -0.2) is 42.1 Å². The standard InChI is InChI=1S/C26H26FN5O2/c1-34-21-4-2-3-20(27)24(21)25-19-14-32(26(33)18(19)7-9-29-25)23-12-16(15-5-6-15)11-22(30-23)31-10-8-17(28)13-31/h2-4,7,9,11-12,15,17H,5-6,8,10,13-14,28H2,1H3/t17-/m0/s1. The number of ether oxygens (including phenoxy) is 1. The lowest BCUT2D eigenvalue weighted by molar-refractivity contribution is 0.0996. The Bertz CT molecular complexity index is 1290. The first-order valence-corrected chi connectivity index (χ1v) is 11.7. The molecule has 1 aromatic carbocycles. The molecular formula is C26H26FN5O2. The van der Waals surface area contributed by atoms with Crippen molar-refractivity contribution in [2.75, 3.05) is 30.0 Å². The molecule has 0 bridgehead atoms. The monoisotopic (exact) mass is 459 g/mol. The zero-order chi connectivity index (χ0) is 23.4. The van der Waals surface area contributed by atoms with Gasteiger partial charge in [0, 0.05) is 36.5 Å². The zero-order valence-electron chi connectivity index (χ0n) is 19.0. The largest absolute Gasteiger partial charge is 0.496 e. The number of nitrogens with two attached hydrogens (primary N) is 1. The van der Waals surface area contributed by atoms with Gasteiger partial charge in [-0.2, -0.15) is 0 Å². The van der Waals surface area contributed by atoms with Crippen LogP contribution < -0.4 is 20.3 Å². The molecule has 6 rings (SSSR count). The number of nitrogens with zero attached hydrogens (tertiary/aromatic N) is 4. The first-order valence-electron chi connectivity index (χ1n) is 11.7. The summed E-state index contributed by atoms with van der Waals surface area (Å²) in [5.74, 6) is 1.79. The van der Waals surface area contributed by atoms with Crippen LogP contribution in [0.3, 0.4) is 0 Å². The van der Waals surface area contributed by atoms with E-state index < -0.39 is 5.82 Å². The number of hydrogen-bond donors (Lipinski definition) is 1. The van der Waals surface area contributed by atoms with Crippen LogP contribution in [-0.2, 0) is 6.54 Å². The second-order valence-corrected chi connectivity index (χ2v) is 9.28. The van der Waals surface area contributed by atoms with Gasteiger partial charge in [-0.05, 0) is 61.1 Å². The summed E-state index contributed by atoms with van der Waals surface area (Å²) in [7, 11) is 1.50. The number of carbonyl (C=O) groups is 1. The maximum absolute atomic E-state index is 14.9. The smallest absolute Gasteiger partial charge is 0.260 e. The average Bonchev–Trinajstić information content (AvgIpc) is 3.53. The first kappa shape index (κ1) is 21.0. The maximum Gasteiger partial charge on any atom is 0.260 e. The Labute approximate surface area is 197 Å².